The number of allylic oxidation sites excluding steroid dienone is 1. The molecule has 0 fully saturated rings. The molecule has 0 spiro atoms. The molecular weight excluding hydrogens is 274 g/mol. The van der Waals surface area contributed by atoms with E-state index in [1.807, 2.05) is 67.6 Å². The molecule has 0 aromatic heterocycles. The standard InChI is InChI=1S/C19H19NO2/c1-13(21)17-14(2)22-19(16-11-7-4-8-12-16)20-18(17)15-9-5-3-6-10-15/h3-12,18-20H,1-2H3. The van der Waals surface area contributed by atoms with Crippen LogP contribution in [0.3, 0.4) is 0 Å². The zero-order chi connectivity index (χ0) is 15.5. The highest BCUT2D eigenvalue weighted by atomic mass is 16.5. The minimum absolute atomic E-state index is 0.0327. The molecule has 112 valence electrons. The monoisotopic (exact) mass is 293 g/mol. The number of hydrogen-bond donors (Lipinski definition) is 1. The van der Waals surface area contributed by atoms with Crippen LogP contribution in [-0.2, 0) is 9.53 Å². The summed E-state index contributed by atoms with van der Waals surface area (Å²) in [5.74, 6) is 0.722. The topological polar surface area (TPSA) is 38.3 Å². The molecule has 3 heteroatoms. The fourth-order valence-electron chi connectivity index (χ4n) is 2.86. The summed E-state index contributed by atoms with van der Waals surface area (Å²) in [6.45, 7) is 3.45. The maximum absolute atomic E-state index is 12.1. The van der Waals surface area contributed by atoms with E-state index in [0.29, 0.717) is 11.3 Å². The zero-order valence-corrected chi connectivity index (χ0v) is 12.7. The van der Waals surface area contributed by atoms with Crippen LogP contribution in [0.2, 0.25) is 0 Å². The second kappa shape index (κ2) is 6.16. The summed E-state index contributed by atoms with van der Waals surface area (Å²) >= 11 is 0. The van der Waals surface area contributed by atoms with E-state index in [1.165, 1.54) is 0 Å². The van der Waals surface area contributed by atoms with E-state index < -0.39 is 0 Å². The zero-order valence-electron chi connectivity index (χ0n) is 12.7. The van der Waals surface area contributed by atoms with Crippen LogP contribution in [0.1, 0.15) is 37.2 Å². The Kier molecular flexibility index (Phi) is 4.07. The summed E-state index contributed by atoms with van der Waals surface area (Å²) in [5, 5.41) is 3.45. The van der Waals surface area contributed by atoms with Gasteiger partial charge in [0.2, 0.25) is 0 Å². The van der Waals surface area contributed by atoms with Crippen LogP contribution in [0.4, 0.5) is 0 Å². The first kappa shape index (κ1) is 14.5. The molecule has 2 aromatic carbocycles. The van der Waals surface area contributed by atoms with Gasteiger partial charge in [0.1, 0.15) is 5.76 Å². The van der Waals surface area contributed by atoms with E-state index in [4.69, 9.17) is 4.74 Å². The number of benzene rings is 2. The van der Waals surface area contributed by atoms with Gasteiger partial charge in [-0.2, -0.15) is 0 Å². The van der Waals surface area contributed by atoms with Gasteiger partial charge in [0.25, 0.3) is 0 Å². The molecule has 0 radical (unpaired) electrons. The van der Waals surface area contributed by atoms with Crippen LogP contribution < -0.4 is 5.32 Å². The van der Waals surface area contributed by atoms with Gasteiger partial charge in [0.15, 0.2) is 12.0 Å². The number of rotatable bonds is 3. The Labute approximate surface area is 130 Å². The van der Waals surface area contributed by atoms with Crippen LogP contribution in [-0.4, -0.2) is 5.78 Å². The van der Waals surface area contributed by atoms with E-state index >= 15 is 0 Å². The van der Waals surface area contributed by atoms with Crippen LogP contribution in [0.25, 0.3) is 0 Å². The quantitative estimate of drug-likeness (QED) is 0.932. The Morgan fingerprint density at radius 3 is 2.05 bits per heavy atom. The maximum Gasteiger partial charge on any atom is 0.176 e. The van der Waals surface area contributed by atoms with Gasteiger partial charge < -0.3 is 4.74 Å². The third-order valence-corrected chi connectivity index (χ3v) is 3.90. The fraction of sp³-hybridized carbons (Fsp3) is 0.211. The second-order valence-electron chi connectivity index (χ2n) is 5.44. The van der Waals surface area contributed by atoms with Crippen molar-refractivity contribution in [3.8, 4) is 0 Å². The normalized spacial score (nSPS) is 21.4. The lowest BCUT2D eigenvalue weighted by atomic mass is 9.93. The highest BCUT2D eigenvalue weighted by Crippen LogP contribution is 2.35. The molecule has 22 heavy (non-hydrogen) atoms. The van der Waals surface area contributed by atoms with Crippen molar-refractivity contribution in [1.82, 2.24) is 5.32 Å². The van der Waals surface area contributed by atoms with Crippen molar-refractivity contribution in [2.75, 3.05) is 0 Å². The van der Waals surface area contributed by atoms with E-state index in [-0.39, 0.29) is 18.1 Å². The molecule has 0 saturated carbocycles. The molecule has 0 amide bonds. The Bertz CT molecular complexity index is 692. The molecule has 1 aliphatic heterocycles. The van der Waals surface area contributed by atoms with Gasteiger partial charge in [-0.25, -0.2) is 0 Å². The molecule has 0 saturated heterocycles. The lowest BCUT2D eigenvalue weighted by molar-refractivity contribution is -0.115. The molecule has 3 nitrogen and oxygen atoms in total. The summed E-state index contributed by atoms with van der Waals surface area (Å²) < 4.78 is 5.95. The summed E-state index contributed by atoms with van der Waals surface area (Å²) in [5.41, 5.74) is 2.81. The van der Waals surface area contributed by atoms with Gasteiger partial charge in [0, 0.05) is 5.56 Å². The Hall–Kier alpha value is -2.39. The number of carbonyl (C=O) groups excluding carboxylic acids is 1. The molecule has 1 N–H and O–H groups in total. The summed E-state index contributed by atoms with van der Waals surface area (Å²) in [6, 6.07) is 19.8. The van der Waals surface area contributed by atoms with Crippen molar-refractivity contribution in [2.24, 2.45) is 0 Å². The van der Waals surface area contributed by atoms with Gasteiger partial charge in [-0.3, -0.25) is 10.1 Å². The fourth-order valence-corrected chi connectivity index (χ4v) is 2.86. The van der Waals surface area contributed by atoms with Crippen LogP contribution in [0.5, 0.6) is 0 Å². The van der Waals surface area contributed by atoms with Crippen LogP contribution in [0.15, 0.2) is 72.0 Å². The molecule has 3 rings (SSSR count). The maximum atomic E-state index is 12.1. The molecular formula is C19H19NO2. The number of hydrogen-bond acceptors (Lipinski definition) is 3. The van der Waals surface area contributed by atoms with Gasteiger partial charge in [-0.1, -0.05) is 60.7 Å². The third-order valence-electron chi connectivity index (χ3n) is 3.90. The average Bonchev–Trinajstić information content (AvgIpc) is 2.55. The van der Waals surface area contributed by atoms with Crippen molar-refractivity contribution in [2.45, 2.75) is 26.1 Å². The third kappa shape index (κ3) is 2.81. The molecule has 1 heterocycles. The number of carbonyl (C=O) groups is 1. The number of ketones is 1. The van der Waals surface area contributed by atoms with Gasteiger partial charge in [-0.15, -0.1) is 0 Å². The summed E-state index contributed by atoms with van der Waals surface area (Å²) in [6.07, 6.45) is -0.255. The van der Waals surface area contributed by atoms with Crippen molar-refractivity contribution in [1.29, 1.82) is 0 Å². The van der Waals surface area contributed by atoms with Crippen LogP contribution >= 0.6 is 0 Å². The Morgan fingerprint density at radius 2 is 1.50 bits per heavy atom. The molecule has 2 unspecified atom stereocenters. The lowest BCUT2D eigenvalue weighted by Crippen LogP contribution is -2.36. The number of ether oxygens (including phenoxy) is 1. The first-order valence-corrected chi connectivity index (χ1v) is 7.41. The molecule has 2 aromatic rings. The highest BCUT2D eigenvalue weighted by molar-refractivity contribution is 5.95. The average molecular weight is 293 g/mol. The van der Waals surface area contributed by atoms with Crippen molar-refractivity contribution < 1.29 is 9.53 Å². The predicted octanol–water partition coefficient (Wildman–Crippen LogP) is 3.91. The Balaban J connectivity index is 2.01. The molecule has 2 atom stereocenters. The lowest BCUT2D eigenvalue weighted by Gasteiger charge is -2.34. The van der Waals surface area contributed by atoms with Gasteiger partial charge in [0.05, 0.1) is 11.6 Å². The molecule has 0 aliphatic carbocycles. The van der Waals surface area contributed by atoms with E-state index in [2.05, 4.69) is 5.32 Å². The first-order chi connectivity index (χ1) is 10.7. The number of Topliss-reactive ketones (excluding diaryl/α,β-unsaturated/α-hetero) is 1. The van der Waals surface area contributed by atoms with E-state index in [0.717, 1.165) is 11.1 Å². The van der Waals surface area contributed by atoms with Gasteiger partial charge in [-0.05, 0) is 19.4 Å². The minimum atomic E-state index is -0.255. The van der Waals surface area contributed by atoms with Crippen molar-refractivity contribution >= 4 is 5.78 Å². The smallest absolute Gasteiger partial charge is 0.176 e. The highest BCUT2D eigenvalue weighted by Gasteiger charge is 2.32. The predicted molar refractivity (Wildman–Crippen MR) is 86.0 cm³/mol. The minimum Gasteiger partial charge on any atom is -0.475 e. The number of nitrogens with one attached hydrogen (secondary N) is 1. The van der Waals surface area contributed by atoms with Crippen molar-refractivity contribution in [3.05, 3.63) is 83.1 Å². The SMILES string of the molecule is CC(=O)C1=C(C)OC(c2ccccc2)NC1c1ccccc1. The summed E-state index contributed by atoms with van der Waals surface area (Å²) in [7, 11) is 0. The van der Waals surface area contributed by atoms with E-state index in [9.17, 15) is 4.79 Å². The largest absolute Gasteiger partial charge is 0.475 e. The van der Waals surface area contributed by atoms with E-state index in [1.54, 1.807) is 6.92 Å². The van der Waals surface area contributed by atoms with Crippen molar-refractivity contribution in [3.63, 3.8) is 0 Å². The van der Waals surface area contributed by atoms with Crippen LogP contribution in [0, 0.1) is 0 Å². The molecule has 0 bridgehead atoms. The second-order valence-corrected chi connectivity index (χ2v) is 5.44. The van der Waals surface area contributed by atoms with Gasteiger partial charge >= 0.3 is 0 Å². The Morgan fingerprint density at radius 1 is 0.955 bits per heavy atom. The molecule has 1 aliphatic rings. The summed E-state index contributed by atoms with van der Waals surface area (Å²) in [4.78, 5) is 12.1. The first-order valence-electron chi connectivity index (χ1n) is 7.41.